The zero-order valence-electron chi connectivity index (χ0n) is 15.2. The summed E-state index contributed by atoms with van der Waals surface area (Å²) in [6, 6.07) is 7.49. The second kappa shape index (κ2) is 9.11. The number of nitrogens with zero attached hydrogens (tertiary/aromatic N) is 1. The maximum Gasteiger partial charge on any atom is 0.326 e. The van der Waals surface area contributed by atoms with E-state index < -0.39 is 11.6 Å². The standard InChI is InChI=1S/C19H27NO4/c1-6-13-23-16-10-7-15(8-11-16)9-12-17(21)20(5)14-18(22)24-19(2,3)4/h7-12H,6,13-14H2,1-5H3/b12-9+. The minimum atomic E-state index is -0.557. The van der Waals surface area contributed by atoms with Crippen molar-refractivity contribution < 1.29 is 19.1 Å². The molecular formula is C19H27NO4. The molecule has 1 aromatic rings. The Hall–Kier alpha value is -2.30. The summed E-state index contributed by atoms with van der Waals surface area (Å²) in [5, 5.41) is 0. The number of rotatable bonds is 7. The maximum atomic E-state index is 12.0. The number of hydrogen-bond donors (Lipinski definition) is 0. The van der Waals surface area contributed by atoms with Crippen LogP contribution in [0.15, 0.2) is 30.3 Å². The van der Waals surface area contributed by atoms with Crippen molar-refractivity contribution in [3.63, 3.8) is 0 Å². The summed E-state index contributed by atoms with van der Waals surface area (Å²) in [5.41, 5.74) is 0.330. The molecule has 0 aromatic heterocycles. The van der Waals surface area contributed by atoms with E-state index in [4.69, 9.17) is 9.47 Å². The van der Waals surface area contributed by atoms with E-state index >= 15 is 0 Å². The number of esters is 1. The van der Waals surface area contributed by atoms with Crippen molar-refractivity contribution in [2.24, 2.45) is 0 Å². The van der Waals surface area contributed by atoms with Gasteiger partial charge in [0.05, 0.1) is 6.61 Å². The Labute approximate surface area is 144 Å². The minimum absolute atomic E-state index is 0.0791. The van der Waals surface area contributed by atoms with Gasteiger partial charge in [-0.25, -0.2) is 0 Å². The summed E-state index contributed by atoms with van der Waals surface area (Å²) in [6.45, 7) is 8.03. The lowest BCUT2D eigenvalue weighted by atomic mass is 10.2. The quantitative estimate of drug-likeness (QED) is 0.567. The SMILES string of the molecule is CCCOc1ccc(/C=C/C(=O)N(C)CC(=O)OC(C)(C)C)cc1. The van der Waals surface area contributed by atoms with Gasteiger partial charge in [-0.05, 0) is 51.0 Å². The van der Waals surface area contributed by atoms with Crippen molar-refractivity contribution in [3.8, 4) is 5.75 Å². The first kappa shape index (κ1) is 19.7. The topological polar surface area (TPSA) is 55.8 Å². The van der Waals surface area contributed by atoms with Crippen LogP contribution < -0.4 is 4.74 Å². The molecular weight excluding hydrogens is 306 g/mol. The summed E-state index contributed by atoms with van der Waals surface area (Å²) in [5.74, 6) is 0.124. The van der Waals surface area contributed by atoms with Gasteiger partial charge >= 0.3 is 5.97 Å². The van der Waals surface area contributed by atoms with Crippen LogP contribution >= 0.6 is 0 Å². The number of carbonyl (C=O) groups is 2. The third kappa shape index (κ3) is 7.81. The molecule has 0 bridgehead atoms. The van der Waals surface area contributed by atoms with Crippen LogP contribution in [0.5, 0.6) is 5.75 Å². The molecule has 132 valence electrons. The molecule has 0 N–H and O–H groups in total. The summed E-state index contributed by atoms with van der Waals surface area (Å²) in [7, 11) is 1.57. The Morgan fingerprint density at radius 1 is 1.17 bits per heavy atom. The molecule has 0 aliphatic carbocycles. The fourth-order valence-electron chi connectivity index (χ4n) is 1.84. The number of carbonyl (C=O) groups excluding carboxylic acids is 2. The number of hydrogen-bond acceptors (Lipinski definition) is 4. The van der Waals surface area contributed by atoms with Gasteiger partial charge in [-0.3, -0.25) is 9.59 Å². The second-order valence-electron chi connectivity index (χ2n) is 6.53. The molecule has 1 amide bonds. The fraction of sp³-hybridized carbons (Fsp3) is 0.474. The Morgan fingerprint density at radius 3 is 2.33 bits per heavy atom. The fourth-order valence-corrected chi connectivity index (χ4v) is 1.84. The van der Waals surface area contributed by atoms with E-state index in [9.17, 15) is 9.59 Å². The smallest absolute Gasteiger partial charge is 0.326 e. The van der Waals surface area contributed by atoms with E-state index in [-0.39, 0.29) is 12.5 Å². The largest absolute Gasteiger partial charge is 0.494 e. The van der Waals surface area contributed by atoms with Gasteiger partial charge < -0.3 is 14.4 Å². The van der Waals surface area contributed by atoms with Gasteiger partial charge in [0.25, 0.3) is 0 Å². The molecule has 0 fully saturated rings. The molecule has 0 aliphatic heterocycles. The van der Waals surface area contributed by atoms with Crippen molar-refractivity contribution in [1.82, 2.24) is 4.90 Å². The van der Waals surface area contributed by atoms with E-state index in [0.717, 1.165) is 17.7 Å². The van der Waals surface area contributed by atoms with Gasteiger partial charge in [0.1, 0.15) is 17.9 Å². The molecule has 0 aliphatic rings. The molecule has 0 heterocycles. The first-order valence-corrected chi connectivity index (χ1v) is 8.09. The van der Waals surface area contributed by atoms with Crippen molar-refractivity contribution in [2.45, 2.75) is 39.7 Å². The molecule has 0 saturated carbocycles. The zero-order valence-corrected chi connectivity index (χ0v) is 15.2. The Bertz CT molecular complexity index is 570. The molecule has 0 radical (unpaired) electrons. The van der Waals surface area contributed by atoms with Crippen molar-refractivity contribution in [2.75, 3.05) is 20.2 Å². The van der Waals surface area contributed by atoms with Crippen LogP contribution in [0.25, 0.3) is 6.08 Å². The first-order chi connectivity index (χ1) is 11.2. The summed E-state index contributed by atoms with van der Waals surface area (Å²) < 4.78 is 10.7. The molecule has 0 unspecified atom stereocenters. The van der Waals surface area contributed by atoms with Crippen LogP contribution in [0.3, 0.4) is 0 Å². The molecule has 24 heavy (non-hydrogen) atoms. The normalized spacial score (nSPS) is 11.4. The maximum absolute atomic E-state index is 12.0. The van der Waals surface area contributed by atoms with Gasteiger partial charge in [-0.15, -0.1) is 0 Å². The lowest BCUT2D eigenvalue weighted by molar-refractivity contribution is -0.157. The molecule has 5 nitrogen and oxygen atoms in total. The molecule has 0 saturated heterocycles. The average Bonchev–Trinajstić information content (AvgIpc) is 2.49. The third-order valence-electron chi connectivity index (χ3n) is 2.93. The number of likely N-dealkylation sites (N-methyl/N-ethyl adjacent to an activating group) is 1. The van der Waals surface area contributed by atoms with Crippen LogP contribution in [0.1, 0.15) is 39.7 Å². The lowest BCUT2D eigenvalue weighted by Gasteiger charge is -2.22. The zero-order chi connectivity index (χ0) is 18.2. The van der Waals surface area contributed by atoms with Gasteiger partial charge in [0, 0.05) is 13.1 Å². The predicted molar refractivity (Wildman–Crippen MR) is 94.7 cm³/mol. The molecule has 1 aromatic carbocycles. The molecule has 0 atom stereocenters. The third-order valence-corrected chi connectivity index (χ3v) is 2.93. The Kier molecular flexibility index (Phi) is 7.49. The van der Waals surface area contributed by atoms with E-state index in [2.05, 4.69) is 6.92 Å². The molecule has 0 spiro atoms. The minimum Gasteiger partial charge on any atom is -0.494 e. The highest BCUT2D eigenvalue weighted by Crippen LogP contribution is 2.13. The van der Waals surface area contributed by atoms with E-state index in [1.807, 2.05) is 24.3 Å². The van der Waals surface area contributed by atoms with Crippen LogP contribution in [0, 0.1) is 0 Å². The average molecular weight is 333 g/mol. The van der Waals surface area contributed by atoms with Crippen molar-refractivity contribution in [3.05, 3.63) is 35.9 Å². The second-order valence-corrected chi connectivity index (χ2v) is 6.53. The van der Waals surface area contributed by atoms with Gasteiger partial charge in [0.2, 0.25) is 5.91 Å². The van der Waals surface area contributed by atoms with Crippen molar-refractivity contribution in [1.29, 1.82) is 0 Å². The number of benzene rings is 1. The van der Waals surface area contributed by atoms with E-state index in [1.165, 1.54) is 11.0 Å². The highest BCUT2D eigenvalue weighted by Gasteiger charge is 2.18. The summed E-state index contributed by atoms with van der Waals surface area (Å²) >= 11 is 0. The van der Waals surface area contributed by atoms with Gasteiger partial charge in [-0.2, -0.15) is 0 Å². The molecule has 1 rings (SSSR count). The molecule has 5 heteroatoms. The van der Waals surface area contributed by atoms with Gasteiger partial charge in [-0.1, -0.05) is 19.1 Å². The van der Waals surface area contributed by atoms with Gasteiger partial charge in [0.15, 0.2) is 0 Å². The number of ether oxygens (including phenoxy) is 2. The van der Waals surface area contributed by atoms with Crippen molar-refractivity contribution >= 4 is 18.0 Å². The van der Waals surface area contributed by atoms with E-state index in [1.54, 1.807) is 33.9 Å². The van der Waals surface area contributed by atoms with Crippen LogP contribution in [0.2, 0.25) is 0 Å². The number of amides is 1. The van der Waals surface area contributed by atoms with Crippen LogP contribution in [0.4, 0.5) is 0 Å². The predicted octanol–water partition coefficient (Wildman–Crippen LogP) is 3.29. The van der Waals surface area contributed by atoms with E-state index in [0.29, 0.717) is 6.61 Å². The lowest BCUT2D eigenvalue weighted by Crippen LogP contribution is -2.35. The van der Waals surface area contributed by atoms with Crippen LogP contribution in [-0.2, 0) is 14.3 Å². The monoisotopic (exact) mass is 333 g/mol. The van der Waals surface area contributed by atoms with Crippen LogP contribution in [-0.4, -0.2) is 42.6 Å². The first-order valence-electron chi connectivity index (χ1n) is 8.09. The summed E-state index contributed by atoms with van der Waals surface area (Å²) in [6.07, 6.45) is 4.10. The summed E-state index contributed by atoms with van der Waals surface area (Å²) in [4.78, 5) is 25.1. The highest BCUT2D eigenvalue weighted by atomic mass is 16.6. The Balaban J connectivity index is 2.53. The highest BCUT2D eigenvalue weighted by molar-refractivity contribution is 5.93. The Morgan fingerprint density at radius 2 is 1.79 bits per heavy atom.